The van der Waals surface area contributed by atoms with E-state index in [9.17, 15) is 48.3 Å². The van der Waals surface area contributed by atoms with Crippen molar-refractivity contribution in [3.63, 3.8) is 0 Å². The van der Waals surface area contributed by atoms with E-state index in [-0.39, 0.29) is 5.75 Å². The van der Waals surface area contributed by atoms with Crippen molar-refractivity contribution < 1.29 is 53.4 Å². The van der Waals surface area contributed by atoms with E-state index in [1.807, 2.05) is 0 Å². The van der Waals surface area contributed by atoms with E-state index in [4.69, 9.17) is 5.11 Å². The molecule has 1 aromatic rings. The van der Waals surface area contributed by atoms with Crippen LogP contribution in [0.25, 0.3) is 0 Å². The second-order valence-corrected chi connectivity index (χ2v) is 4.83. The Hall–Kier alpha value is -1.95. The highest BCUT2D eigenvalue weighted by Crippen LogP contribution is 2.57. The number of phenols is 1. The zero-order valence-corrected chi connectivity index (χ0v) is 11.6. The first-order valence-corrected chi connectivity index (χ1v) is 6.08. The maximum atomic E-state index is 13.3. The van der Waals surface area contributed by atoms with Gasteiger partial charge in [-0.05, 0) is 24.3 Å². The predicted molar refractivity (Wildman–Crippen MR) is 62.4 cm³/mol. The molecule has 0 aliphatic rings. The van der Waals surface area contributed by atoms with Gasteiger partial charge in [-0.2, -0.15) is 48.3 Å². The lowest BCUT2D eigenvalue weighted by Gasteiger charge is -2.37. The summed E-state index contributed by atoms with van der Waals surface area (Å²) in [5, 5.41) is 10.4. The minimum atomic E-state index is -7.42. The fourth-order valence-electron chi connectivity index (χ4n) is 1.51. The Labute approximate surface area is 132 Å². The maximum absolute atomic E-state index is 13.3. The summed E-state index contributed by atoms with van der Waals surface area (Å²) in [5.41, 5.74) is -0.417. The van der Waals surface area contributed by atoms with Gasteiger partial charge in [0.25, 0.3) is 0 Å². The highest BCUT2D eigenvalue weighted by molar-refractivity contribution is 5.46. The average Bonchev–Trinajstić information content (AvgIpc) is 2.45. The highest BCUT2D eigenvalue weighted by atomic mass is 19.4. The van der Waals surface area contributed by atoms with E-state index in [0.717, 1.165) is 24.3 Å². The number of hydrogen-bond donors (Lipinski definition) is 2. The SMILES string of the molecule is Oc1ccc(NCC(F)(F)C(F)(F)C(F)(F)C(F)(F)C(F)(F)F)cc1. The molecule has 0 aliphatic carbocycles. The van der Waals surface area contributed by atoms with Crippen molar-refractivity contribution in [1.82, 2.24) is 0 Å². The standard InChI is InChI=1S/C12H8F11NO/c13-8(14,5-24-6-1-3-7(25)4-2-6)9(15,16)10(17,18)11(19,20)12(21,22)23/h1-4,24-25H,5H2. The van der Waals surface area contributed by atoms with Crippen molar-refractivity contribution in [1.29, 1.82) is 0 Å². The topological polar surface area (TPSA) is 32.3 Å². The summed E-state index contributed by atoms with van der Waals surface area (Å²) in [6, 6.07) is 3.44. The number of halogens is 11. The Bertz CT molecular complexity index is 594. The molecule has 2 nitrogen and oxygen atoms in total. The number of phenolic OH excluding ortho intramolecular Hbond substituents is 1. The first-order chi connectivity index (χ1) is 11.0. The second-order valence-electron chi connectivity index (χ2n) is 4.83. The van der Waals surface area contributed by atoms with Crippen LogP contribution in [0.5, 0.6) is 5.75 Å². The van der Waals surface area contributed by atoms with Gasteiger partial charge >= 0.3 is 29.9 Å². The van der Waals surface area contributed by atoms with Crippen LogP contribution in [0, 0.1) is 0 Å². The molecule has 144 valence electrons. The largest absolute Gasteiger partial charge is 0.508 e. The summed E-state index contributed by atoms with van der Waals surface area (Å²) in [4.78, 5) is 0. The number of aromatic hydroxyl groups is 1. The van der Waals surface area contributed by atoms with E-state index in [1.165, 1.54) is 5.32 Å². The number of benzene rings is 1. The van der Waals surface area contributed by atoms with Crippen LogP contribution in [-0.2, 0) is 0 Å². The summed E-state index contributed by atoms with van der Waals surface area (Å²) in [6.45, 7) is -2.38. The lowest BCUT2D eigenvalue weighted by molar-refractivity contribution is -0.420. The molecule has 2 N–H and O–H groups in total. The van der Waals surface area contributed by atoms with Gasteiger partial charge in [-0.1, -0.05) is 0 Å². The summed E-state index contributed by atoms with van der Waals surface area (Å²) >= 11 is 0. The maximum Gasteiger partial charge on any atom is 0.460 e. The Kier molecular flexibility index (Phi) is 5.14. The molecule has 0 spiro atoms. The van der Waals surface area contributed by atoms with Gasteiger partial charge in [-0.3, -0.25) is 0 Å². The van der Waals surface area contributed by atoms with Crippen molar-refractivity contribution in [2.75, 3.05) is 11.9 Å². The molecule has 13 heteroatoms. The van der Waals surface area contributed by atoms with Gasteiger partial charge < -0.3 is 10.4 Å². The quantitative estimate of drug-likeness (QED) is 0.534. The number of hydrogen-bond acceptors (Lipinski definition) is 2. The number of alkyl halides is 11. The summed E-state index contributed by atoms with van der Waals surface area (Å²) in [6.07, 6.45) is -7.18. The van der Waals surface area contributed by atoms with Crippen molar-refractivity contribution in [3.8, 4) is 5.75 Å². The second kappa shape index (κ2) is 6.09. The molecule has 1 aromatic carbocycles. The van der Waals surface area contributed by atoms with Crippen LogP contribution in [0.3, 0.4) is 0 Å². The van der Waals surface area contributed by atoms with E-state index < -0.39 is 42.1 Å². The summed E-state index contributed by atoms with van der Waals surface area (Å²) in [7, 11) is 0. The Morgan fingerprint density at radius 3 is 1.52 bits per heavy atom. The lowest BCUT2D eigenvalue weighted by Crippen LogP contribution is -2.67. The molecule has 0 unspecified atom stereocenters. The number of anilines is 1. The van der Waals surface area contributed by atoms with Gasteiger partial charge in [-0.15, -0.1) is 0 Å². The molecule has 0 aliphatic heterocycles. The molecule has 0 fully saturated rings. The minimum absolute atomic E-state index is 0.376. The predicted octanol–water partition coefficient (Wildman–Crippen LogP) is 4.91. The average molecular weight is 391 g/mol. The van der Waals surface area contributed by atoms with Crippen molar-refractivity contribution in [3.05, 3.63) is 24.3 Å². The first kappa shape index (κ1) is 21.1. The Morgan fingerprint density at radius 2 is 1.12 bits per heavy atom. The third kappa shape index (κ3) is 3.54. The molecule has 0 radical (unpaired) electrons. The van der Waals surface area contributed by atoms with Crippen LogP contribution in [0.2, 0.25) is 0 Å². The molecule has 0 saturated carbocycles. The molecule has 0 aromatic heterocycles. The fourth-order valence-corrected chi connectivity index (χ4v) is 1.51. The molecule has 0 amide bonds. The van der Waals surface area contributed by atoms with Gasteiger partial charge in [0, 0.05) is 5.69 Å². The van der Waals surface area contributed by atoms with Gasteiger partial charge in [-0.25, -0.2) is 0 Å². The molecule has 1 rings (SSSR count). The molecule has 0 atom stereocenters. The number of rotatable bonds is 6. The zero-order chi connectivity index (χ0) is 19.9. The Balaban J connectivity index is 3.09. The van der Waals surface area contributed by atoms with E-state index in [2.05, 4.69) is 0 Å². The van der Waals surface area contributed by atoms with Gasteiger partial charge in [0.2, 0.25) is 0 Å². The molecule has 0 bridgehead atoms. The van der Waals surface area contributed by atoms with Crippen LogP contribution in [0.1, 0.15) is 0 Å². The highest BCUT2D eigenvalue weighted by Gasteiger charge is 2.86. The van der Waals surface area contributed by atoms with Gasteiger partial charge in [0.05, 0.1) is 6.54 Å². The summed E-state index contributed by atoms with van der Waals surface area (Å²) in [5.74, 6) is -28.2. The van der Waals surface area contributed by atoms with E-state index >= 15 is 0 Å². The molecule has 25 heavy (non-hydrogen) atoms. The molecule has 0 saturated heterocycles. The van der Waals surface area contributed by atoms with Crippen LogP contribution in [0.4, 0.5) is 54.0 Å². The minimum Gasteiger partial charge on any atom is -0.508 e. The lowest BCUT2D eigenvalue weighted by atomic mass is 9.98. The van der Waals surface area contributed by atoms with Crippen molar-refractivity contribution in [2.24, 2.45) is 0 Å². The van der Waals surface area contributed by atoms with Crippen LogP contribution < -0.4 is 5.32 Å². The zero-order valence-electron chi connectivity index (χ0n) is 11.6. The van der Waals surface area contributed by atoms with Crippen LogP contribution in [0.15, 0.2) is 24.3 Å². The monoisotopic (exact) mass is 391 g/mol. The smallest absolute Gasteiger partial charge is 0.460 e. The first-order valence-electron chi connectivity index (χ1n) is 6.08. The number of nitrogens with one attached hydrogen (secondary N) is 1. The van der Waals surface area contributed by atoms with Gasteiger partial charge in [0.1, 0.15) is 5.75 Å². The summed E-state index contributed by atoms with van der Waals surface area (Å²) < 4.78 is 140. The van der Waals surface area contributed by atoms with E-state index in [0.29, 0.717) is 0 Å². The third-order valence-corrected chi connectivity index (χ3v) is 2.99. The normalized spacial score (nSPS) is 14.5. The van der Waals surface area contributed by atoms with Gasteiger partial charge in [0.15, 0.2) is 0 Å². The molecular formula is C12H8F11NO. The van der Waals surface area contributed by atoms with Crippen LogP contribution >= 0.6 is 0 Å². The third-order valence-electron chi connectivity index (χ3n) is 2.99. The molecular weight excluding hydrogens is 383 g/mol. The van der Waals surface area contributed by atoms with Crippen molar-refractivity contribution in [2.45, 2.75) is 29.9 Å². The van der Waals surface area contributed by atoms with Crippen LogP contribution in [-0.4, -0.2) is 41.5 Å². The fraction of sp³-hybridized carbons (Fsp3) is 0.500. The van der Waals surface area contributed by atoms with Crippen molar-refractivity contribution >= 4 is 5.69 Å². The Morgan fingerprint density at radius 1 is 0.680 bits per heavy atom. The molecule has 0 heterocycles. The van der Waals surface area contributed by atoms with E-state index in [1.54, 1.807) is 0 Å².